The van der Waals surface area contributed by atoms with E-state index in [1.807, 2.05) is 6.92 Å². The number of hydrogen-bond donors (Lipinski definition) is 1. The lowest BCUT2D eigenvalue weighted by atomic mass is 9.92. The predicted octanol–water partition coefficient (Wildman–Crippen LogP) is 2.74. The molecule has 2 nitrogen and oxygen atoms in total. The van der Waals surface area contributed by atoms with Crippen LogP contribution in [0.2, 0.25) is 0 Å². The van der Waals surface area contributed by atoms with Gasteiger partial charge in [-0.1, -0.05) is 13.3 Å². The van der Waals surface area contributed by atoms with Crippen LogP contribution in [-0.2, 0) is 4.74 Å². The van der Waals surface area contributed by atoms with Gasteiger partial charge in [0.1, 0.15) is 0 Å². The van der Waals surface area contributed by atoms with Crippen LogP contribution in [0.4, 0.5) is 0 Å². The molecule has 0 radical (unpaired) electrons. The fraction of sp³-hybridized carbons (Fsp3) is 1.00. The quantitative estimate of drug-likeness (QED) is 0.714. The molecular weight excluding hydrogens is 176 g/mol. The van der Waals surface area contributed by atoms with Crippen LogP contribution in [0.15, 0.2) is 0 Å². The minimum atomic E-state index is -0.145. The molecule has 1 aliphatic rings. The highest BCUT2D eigenvalue weighted by atomic mass is 16.5. The number of aliphatic hydroxyl groups is 1. The molecule has 1 rings (SSSR count). The molecule has 1 saturated heterocycles. The summed E-state index contributed by atoms with van der Waals surface area (Å²) in [6, 6.07) is 0. The Labute approximate surface area is 87.7 Å². The summed E-state index contributed by atoms with van der Waals surface area (Å²) in [7, 11) is 0. The summed E-state index contributed by atoms with van der Waals surface area (Å²) in [5, 5.41) is 9.23. The molecule has 0 aromatic heterocycles. The molecular formula is C12H24O2. The Kier molecular flexibility index (Phi) is 5.49. The molecule has 84 valence electrons. The predicted molar refractivity (Wildman–Crippen MR) is 58.3 cm³/mol. The van der Waals surface area contributed by atoms with E-state index in [0.717, 1.165) is 25.4 Å². The molecule has 0 aliphatic carbocycles. The van der Waals surface area contributed by atoms with Gasteiger partial charge in [-0.25, -0.2) is 0 Å². The molecule has 1 fully saturated rings. The van der Waals surface area contributed by atoms with Gasteiger partial charge in [-0.2, -0.15) is 0 Å². The maximum absolute atomic E-state index is 9.23. The lowest BCUT2D eigenvalue weighted by molar-refractivity contribution is 0.0835. The van der Waals surface area contributed by atoms with Crippen LogP contribution >= 0.6 is 0 Å². The number of hydrogen-bond acceptors (Lipinski definition) is 2. The highest BCUT2D eigenvalue weighted by Gasteiger charge is 2.19. The maximum atomic E-state index is 9.23. The minimum absolute atomic E-state index is 0.145. The van der Waals surface area contributed by atoms with Crippen molar-refractivity contribution in [1.29, 1.82) is 0 Å². The van der Waals surface area contributed by atoms with Gasteiger partial charge in [-0.3, -0.25) is 0 Å². The number of rotatable bonds is 6. The first-order valence-electron chi connectivity index (χ1n) is 6.02. The molecule has 0 aromatic rings. The summed E-state index contributed by atoms with van der Waals surface area (Å²) in [6.07, 6.45) is 7.33. The van der Waals surface area contributed by atoms with E-state index in [9.17, 15) is 5.11 Å². The van der Waals surface area contributed by atoms with Crippen molar-refractivity contribution in [3.8, 4) is 0 Å². The summed E-state index contributed by atoms with van der Waals surface area (Å²) in [4.78, 5) is 0. The fourth-order valence-electron chi connectivity index (χ4n) is 2.17. The van der Waals surface area contributed by atoms with Crippen LogP contribution in [0, 0.1) is 5.92 Å². The van der Waals surface area contributed by atoms with E-state index in [4.69, 9.17) is 4.74 Å². The lowest BCUT2D eigenvalue weighted by Gasteiger charge is -2.19. The Morgan fingerprint density at radius 2 is 2.21 bits per heavy atom. The highest BCUT2D eigenvalue weighted by molar-refractivity contribution is 4.70. The Balaban J connectivity index is 2.16. The summed E-state index contributed by atoms with van der Waals surface area (Å²) in [5.41, 5.74) is 0. The van der Waals surface area contributed by atoms with Crippen molar-refractivity contribution in [3.63, 3.8) is 0 Å². The molecule has 1 N–H and O–H groups in total. The van der Waals surface area contributed by atoms with Crippen LogP contribution in [0.3, 0.4) is 0 Å². The third kappa shape index (κ3) is 4.43. The maximum Gasteiger partial charge on any atom is 0.0578 e. The molecule has 3 atom stereocenters. The molecule has 1 aliphatic heterocycles. The molecule has 0 spiro atoms. The molecule has 0 bridgehead atoms. The molecule has 0 unspecified atom stereocenters. The van der Waals surface area contributed by atoms with E-state index < -0.39 is 0 Å². The number of aliphatic hydroxyl groups excluding tert-OH is 1. The topological polar surface area (TPSA) is 29.5 Å². The third-order valence-electron chi connectivity index (χ3n) is 3.19. The van der Waals surface area contributed by atoms with Crippen molar-refractivity contribution in [3.05, 3.63) is 0 Å². The van der Waals surface area contributed by atoms with Crippen LogP contribution in [0.5, 0.6) is 0 Å². The summed E-state index contributed by atoms with van der Waals surface area (Å²) in [6.45, 7) is 5.07. The van der Waals surface area contributed by atoms with E-state index in [-0.39, 0.29) is 6.10 Å². The SMILES string of the molecule is CC[C@H](CC[C@@H](C)O)C[C@H]1CCCO1. The van der Waals surface area contributed by atoms with Crippen LogP contribution < -0.4 is 0 Å². The zero-order chi connectivity index (χ0) is 10.4. The van der Waals surface area contributed by atoms with Gasteiger partial charge in [-0.15, -0.1) is 0 Å². The molecule has 0 aromatic carbocycles. The van der Waals surface area contributed by atoms with Gasteiger partial charge in [0.25, 0.3) is 0 Å². The zero-order valence-corrected chi connectivity index (χ0v) is 9.54. The lowest BCUT2D eigenvalue weighted by Crippen LogP contribution is -2.14. The molecule has 2 heteroatoms. The first-order valence-corrected chi connectivity index (χ1v) is 6.02. The van der Waals surface area contributed by atoms with Crippen molar-refractivity contribution < 1.29 is 9.84 Å². The van der Waals surface area contributed by atoms with Crippen LogP contribution in [0.1, 0.15) is 52.4 Å². The van der Waals surface area contributed by atoms with Gasteiger partial charge >= 0.3 is 0 Å². The molecule has 0 amide bonds. The van der Waals surface area contributed by atoms with Gasteiger partial charge in [-0.05, 0) is 44.9 Å². The Morgan fingerprint density at radius 3 is 2.71 bits per heavy atom. The van der Waals surface area contributed by atoms with E-state index in [2.05, 4.69) is 6.92 Å². The number of ether oxygens (including phenoxy) is 1. The standard InChI is InChI=1S/C12H24O2/c1-3-11(7-6-10(2)13)9-12-5-4-8-14-12/h10-13H,3-9H2,1-2H3/t10-,11-,12-/m1/s1. The third-order valence-corrected chi connectivity index (χ3v) is 3.19. The van der Waals surface area contributed by atoms with Crippen molar-refractivity contribution in [2.45, 2.75) is 64.6 Å². The van der Waals surface area contributed by atoms with Gasteiger partial charge in [0.2, 0.25) is 0 Å². The fourth-order valence-corrected chi connectivity index (χ4v) is 2.17. The first kappa shape index (κ1) is 12.0. The second kappa shape index (κ2) is 6.41. The second-order valence-corrected chi connectivity index (χ2v) is 4.57. The monoisotopic (exact) mass is 200 g/mol. The Morgan fingerprint density at radius 1 is 1.43 bits per heavy atom. The molecule has 14 heavy (non-hydrogen) atoms. The summed E-state index contributed by atoms with van der Waals surface area (Å²) >= 11 is 0. The van der Waals surface area contributed by atoms with E-state index in [1.165, 1.54) is 25.7 Å². The molecule has 1 heterocycles. The van der Waals surface area contributed by atoms with Gasteiger partial charge in [0.05, 0.1) is 12.2 Å². The molecule has 0 saturated carbocycles. The van der Waals surface area contributed by atoms with Crippen molar-refractivity contribution in [2.75, 3.05) is 6.61 Å². The van der Waals surface area contributed by atoms with Gasteiger partial charge in [0.15, 0.2) is 0 Å². The second-order valence-electron chi connectivity index (χ2n) is 4.57. The van der Waals surface area contributed by atoms with Crippen molar-refractivity contribution >= 4 is 0 Å². The smallest absolute Gasteiger partial charge is 0.0578 e. The zero-order valence-electron chi connectivity index (χ0n) is 9.54. The Hall–Kier alpha value is -0.0800. The van der Waals surface area contributed by atoms with Crippen molar-refractivity contribution in [1.82, 2.24) is 0 Å². The van der Waals surface area contributed by atoms with E-state index in [1.54, 1.807) is 0 Å². The average molecular weight is 200 g/mol. The minimum Gasteiger partial charge on any atom is -0.393 e. The van der Waals surface area contributed by atoms with Crippen molar-refractivity contribution in [2.24, 2.45) is 5.92 Å². The Bertz CT molecular complexity index is 139. The van der Waals surface area contributed by atoms with Crippen LogP contribution in [0.25, 0.3) is 0 Å². The van der Waals surface area contributed by atoms with E-state index >= 15 is 0 Å². The largest absolute Gasteiger partial charge is 0.393 e. The van der Waals surface area contributed by atoms with Crippen LogP contribution in [-0.4, -0.2) is 23.9 Å². The normalized spacial score (nSPS) is 26.4. The first-order chi connectivity index (χ1) is 6.72. The average Bonchev–Trinajstić information content (AvgIpc) is 2.64. The summed E-state index contributed by atoms with van der Waals surface area (Å²) in [5.74, 6) is 0.743. The highest BCUT2D eigenvalue weighted by Crippen LogP contribution is 2.25. The summed E-state index contributed by atoms with van der Waals surface area (Å²) < 4.78 is 5.63. The van der Waals surface area contributed by atoms with Gasteiger partial charge in [0, 0.05) is 6.61 Å². The van der Waals surface area contributed by atoms with E-state index in [0.29, 0.717) is 6.10 Å². The van der Waals surface area contributed by atoms with Gasteiger partial charge < -0.3 is 9.84 Å².